The van der Waals surface area contributed by atoms with Gasteiger partial charge in [0.15, 0.2) is 9.84 Å². The van der Waals surface area contributed by atoms with Crippen molar-refractivity contribution >= 4 is 21.4 Å². The Kier molecular flexibility index (Phi) is 4.88. The zero-order chi connectivity index (χ0) is 15.5. The molecule has 0 aliphatic rings. The Balaban J connectivity index is 2.41. The fraction of sp³-hybridized carbons (Fsp3) is 0.200. The van der Waals surface area contributed by atoms with Gasteiger partial charge < -0.3 is 10.5 Å². The molecule has 0 amide bonds. The fourth-order valence-electron chi connectivity index (χ4n) is 2.05. The maximum absolute atomic E-state index is 12.7. The number of benzene rings is 2. The minimum Gasteiger partial charge on any atom is -0.497 e. The Hall–Kier alpha value is -1.56. The van der Waals surface area contributed by atoms with Crippen molar-refractivity contribution < 1.29 is 13.2 Å². The normalized spacial score (nSPS) is 12.9. The highest BCUT2D eigenvalue weighted by Crippen LogP contribution is 2.29. The fourth-order valence-corrected chi connectivity index (χ4v) is 3.79. The van der Waals surface area contributed by atoms with Crippen molar-refractivity contribution in [1.29, 1.82) is 0 Å². The first-order valence-corrected chi connectivity index (χ1v) is 8.25. The van der Waals surface area contributed by atoms with Gasteiger partial charge in [0, 0.05) is 11.6 Å². The highest BCUT2D eigenvalue weighted by Gasteiger charge is 2.27. The molecule has 0 fully saturated rings. The lowest BCUT2D eigenvalue weighted by molar-refractivity contribution is 0.414. The van der Waals surface area contributed by atoms with Gasteiger partial charge in [-0.2, -0.15) is 0 Å². The van der Waals surface area contributed by atoms with Gasteiger partial charge in [0.1, 0.15) is 11.0 Å². The third-order valence-electron chi connectivity index (χ3n) is 3.22. The number of methoxy groups -OCH3 is 1. The van der Waals surface area contributed by atoms with Crippen LogP contribution in [0.15, 0.2) is 53.4 Å². The maximum atomic E-state index is 12.7. The lowest BCUT2D eigenvalue weighted by Gasteiger charge is -2.16. The first-order chi connectivity index (χ1) is 9.98. The molecule has 0 heterocycles. The Morgan fingerprint density at radius 3 is 2.14 bits per heavy atom. The number of halogens is 1. The van der Waals surface area contributed by atoms with E-state index in [1.807, 2.05) is 0 Å². The lowest BCUT2D eigenvalue weighted by Crippen LogP contribution is -2.22. The molecule has 21 heavy (non-hydrogen) atoms. The van der Waals surface area contributed by atoms with Crippen molar-refractivity contribution in [2.24, 2.45) is 5.73 Å². The predicted octanol–water partition coefficient (Wildman–Crippen LogP) is 2.82. The van der Waals surface area contributed by atoms with E-state index in [1.54, 1.807) is 36.4 Å². The Morgan fingerprint density at radius 1 is 1.10 bits per heavy atom. The molecule has 0 bridgehead atoms. The molecule has 0 spiro atoms. The highest BCUT2D eigenvalue weighted by molar-refractivity contribution is 7.91. The van der Waals surface area contributed by atoms with Gasteiger partial charge in [-0.15, -0.1) is 0 Å². The molecule has 2 aromatic carbocycles. The maximum Gasteiger partial charge on any atom is 0.186 e. The Morgan fingerprint density at radius 2 is 1.67 bits per heavy atom. The van der Waals surface area contributed by atoms with Crippen LogP contribution in [0.3, 0.4) is 0 Å². The zero-order valence-electron chi connectivity index (χ0n) is 11.5. The second-order valence-electron chi connectivity index (χ2n) is 4.50. The summed E-state index contributed by atoms with van der Waals surface area (Å²) >= 11 is 5.83. The molecule has 1 atom stereocenters. The van der Waals surface area contributed by atoms with Crippen LogP contribution in [-0.4, -0.2) is 22.1 Å². The van der Waals surface area contributed by atoms with Crippen LogP contribution in [0.25, 0.3) is 0 Å². The first-order valence-electron chi connectivity index (χ1n) is 6.32. The van der Waals surface area contributed by atoms with Crippen LogP contribution >= 0.6 is 11.6 Å². The second-order valence-corrected chi connectivity index (χ2v) is 7.06. The van der Waals surface area contributed by atoms with Gasteiger partial charge >= 0.3 is 0 Å². The van der Waals surface area contributed by atoms with Crippen molar-refractivity contribution in [3.63, 3.8) is 0 Å². The molecule has 6 heteroatoms. The summed E-state index contributed by atoms with van der Waals surface area (Å²) in [4.78, 5) is 0.216. The molecular formula is C15H16ClNO3S. The van der Waals surface area contributed by atoms with Crippen LogP contribution in [0.5, 0.6) is 5.75 Å². The van der Waals surface area contributed by atoms with E-state index in [0.717, 1.165) is 0 Å². The number of hydrogen-bond donors (Lipinski definition) is 1. The molecule has 0 radical (unpaired) electrons. The summed E-state index contributed by atoms with van der Waals surface area (Å²) in [5.41, 5.74) is 6.31. The Labute approximate surface area is 129 Å². The lowest BCUT2D eigenvalue weighted by atomic mass is 10.1. The summed E-state index contributed by atoms with van der Waals surface area (Å²) in [6, 6.07) is 12.9. The smallest absolute Gasteiger partial charge is 0.186 e. The first kappa shape index (κ1) is 15.8. The van der Waals surface area contributed by atoms with E-state index in [-0.39, 0.29) is 11.4 Å². The zero-order valence-corrected chi connectivity index (χ0v) is 13.1. The van der Waals surface area contributed by atoms with Crippen molar-refractivity contribution in [2.75, 3.05) is 13.7 Å². The quantitative estimate of drug-likeness (QED) is 0.917. The highest BCUT2D eigenvalue weighted by atomic mass is 35.5. The summed E-state index contributed by atoms with van der Waals surface area (Å²) < 4.78 is 30.4. The van der Waals surface area contributed by atoms with E-state index in [9.17, 15) is 8.42 Å². The molecule has 0 aliphatic carbocycles. The molecule has 2 rings (SSSR count). The van der Waals surface area contributed by atoms with E-state index in [4.69, 9.17) is 22.1 Å². The van der Waals surface area contributed by atoms with Gasteiger partial charge in [0.2, 0.25) is 0 Å². The average molecular weight is 326 g/mol. The molecule has 0 aliphatic heterocycles. The summed E-state index contributed by atoms with van der Waals surface area (Å²) in [5.74, 6) is 0.602. The molecular weight excluding hydrogens is 310 g/mol. The van der Waals surface area contributed by atoms with E-state index < -0.39 is 15.1 Å². The van der Waals surface area contributed by atoms with Crippen LogP contribution < -0.4 is 10.5 Å². The van der Waals surface area contributed by atoms with Gasteiger partial charge in [-0.05, 0) is 42.0 Å². The van der Waals surface area contributed by atoms with Gasteiger partial charge in [0.05, 0.1) is 12.0 Å². The number of nitrogens with two attached hydrogens (primary N) is 1. The number of ether oxygens (including phenoxy) is 1. The van der Waals surface area contributed by atoms with Crippen LogP contribution in [0.1, 0.15) is 10.8 Å². The van der Waals surface area contributed by atoms with E-state index in [0.29, 0.717) is 16.3 Å². The largest absolute Gasteiger partial charge is 0.497 e. The summed E-state index contributed by atoms with van der Waals surface area (Å²) in [6.07, 6.45) is 0. The van der Waals surface area contributed by atoms with Crippen molar-refractivity contribution in [3.8, 4) is 5.75 Å². The van der Waals surface area contributed by atoms with Crippen molar-refractivity contribution in [1.82, 2.24) is 0 Å². The van der Waals surface area contributed by atoms with E-state index in [1.165, 1.54) is 19.2 Å². The van der Waals surface area contributed by atoms with Crippen LogP contribution in [-0.2, 0) is 9.84 Å². The minimum absolute atomic E-state index is 0.00397. The SMILES string of the molecule is COc1ccc(S(=O)(=O)[C@H](CN)c2ccc(Cl)cc2)cc1. The molecule has 2 N–H and O–H groups in total. The summed E-state index contributed by atoms with van der Waals surface area (Å²) in [7, 11) is -2.04. The van der Waals surface area contributed by atoms with Crippen LogP contribution in [0, 0.1) is 0 Å². The monoisotopic (exact) mass is 325 g/mol. The Bertz CT molecular complexity index is 697. The van der Waals surface area contributed by atoms with Crippen molar-refractivity contribution in [3.05, 3.63) is 59.1 Å². The van der Waals surface area contributed by atoms with Gasteiger partial charge in [-0.1, -0.05) is 23.7 Å². The second kappa shape index (κ2) is 6.47. The number of sulfone groups is 1. The standard InChI is InChI=1S/C15H16ClNO3S/c1-20-13-6-8-14(9-7-13)21(18,19)15(10-17)11-2-4-12(16)5-3-11/h2-9,15H,10,17H2,1H3/t15-/m1/s1. The molecule has 0 aromatic heterocycles. The third kappa shape index (κ3) is 3.37. The number of hydrogen-bond acceptors (Lipinski definition) is 4. The molecule has 0 saturated heterocycles. The van der Waals surface area contributed by atoms with Gasteiger partial charge in [-0.3, -0.25) is 0 Å². The predicted molar refractivity (Wildman–Crippen MR) is 83.4 cm³/mol. The van der Waals surface area contributed by atoms with Crippen LogP contribution in [0.4, 0.5) is 0 Å². The summed E-state index contributed by atoms with van der Waals surface area (Å²) in [5, 5.41) is -0.250. The van der Waals surface area contributed by atoms with E-state index >= 15 is 0 Å². The molecule has 0 saturated carbocycles. The topological polar surface area (TPSA) is 69.4 Å². The third-order valence-corrected chi connectivity index (χ3v) is 5.61. The van der Waals surface area contributed by atoms with E-state index in [2.05, 4.69) is 0 Å². The van der Waals surface area contributed by atoms with Crippen LogP contribution in [0.2, 0.25) is 5.02 Å². The molecule has 112 valence electrons. The average Bonchev–Trinajstić information content (AvgIpc) is 2.50. The summed E-state index contributed by atoms with van der Waals surface area (Å²) in [6.45, 7) is -0.00397. The van der Waals surface area contributed by atoms with Crippen molar-refractivity contribution in [2.45, 2.75) is 10.1 Å². The molecule has 2 aromatic rings. The number of rotatable bonds is 5. The van der Waals surface area contributed by atoms with Gasteiger partial charge in [-0.25, -0.2) is 8.42 Å². The molecule has 4 nitrogen and oxygen atoms in total. The minimum atomic E-state index is -3.57. The molecule has 0 unspecified atom stereocenters. The van der Waals surface area contributed by atoms with Gasteiger partial charge in [0.25, 0.3) is 0 Å².